The van der Waals surface area contributed by atoms with Gasteiger partial charge in [0.1, 0.15) is 6.04 Å². The molecule has 2 rings (SSSR count). The standard InChI is InChI=1S/C13H20N6O2/c1-5-11(12-15-9(4)18-21-12)17-13(20)16-10-6-14-19(7-10)8(2)3/h6-8,11H,5H2,1-4H3,(H2,16,17,20)/t11-/m1/s1. The largest absolute Gasteiger partial charge is 0.337 e. The molecule has 8 heteroatoms. The van der Waals surface area contributed by atoms with Gasteiger partial charge in [0.25, 0.3) is 0 Å². The molecular formula is C13H20N6O2. The van der Waals surface area contributed by atoms with E-state index in [0.717, 1.165) is 0 Å². The van der Waals surface area contributed by atoms with Gasteiger partial charge in [-0.15, -0.1) is 0 Å². The van der Waals surface area contributed by atoms with E-state index in [-0.39, 0.29) is 18.1 Å². The van der Waals surface area contributed by atoms with Gasteiger partial charge in [-0.3, -0.25) is 4.68 Å². The van der Waals surface area contributed by atoms with Crippen LogP contribution in [0.25, 0.3) is 0 Å². The fourth-order valence-electron chi connectivity index (χ4n) is 1.80. The number of nitrogens with one attached hydrogen (secondary N) is 2. The molecule has 0 fully saturated rings. The quantitative estimate of drug-likeness (QED) is 0.882. The van der Waals surface area contributed by atoms with Crippen LogP contribution in [0.3, 0.4) is 0 Å². The Hall–Kier alpha value is -2.38. The van der Waals surface area contributed by atoms with Crippen molar-refractivity contribution in [2.45, 2.75) is 46.2 Å². The molecule has 0 aromatic carbocycles. The van der Waals surface area contributed by atoms with E-state index in [1.807, 2.05) is 20.8 Å². The summed E-state index contributed by atoms with van der Waals surface area (Å²) >= 11 is 0. The number of hydrogen-bond donors (Lipinski definition) is 2. The van der Waals surface area contributed by atoms with E-state index in [0.29, 0.717) is 23.8 Å². The molecule has 2 aromatic rings. The maximum absolute atomic E-state index is 12.0. The summed E-state index contributed by atoms with van der Waals surface area (Å²) in [5.41, 5.74) is 0.637. The Kier molecular flexibility index (Phi) is 4.56. The van der Waals surface area contributed by atoms with E-state index >= 15 is 0 Å². The second kappa shape index (κ2) is 6.38. The van der Waals surface area contributed by atoms with Gasteiger partial charge in [-0.05, 0) is 27.2 Å². The fourth-order valence-corrected chi connectivity index (χ4v) is 1.80. The van der Waals surface area contributed by atoms with Gasteiger partial charge in [-0.2, -0.15) is 10.1 Å². The summed E-state index contributed by atoms with van der Waals surface area (Å²) in [5.74, 6) is 0.951. The predicted molar refractivity (Wildman–Crippen MR) is 76.8 cm³/mol. The summed E-state index contributed by atoms with van der Waals surface area (Å²) in [4.78, 5) is 16.1. The Morgan fingerprint density at radius 2 is 2.24 bits per heavy atom. The molecule has 114 valence electrons. The van der Waals surface area contributed by atoms with Gasteiger partial charge in [-0.1, -0.05) is 12.1 Å². The summed E-state index contributed by atoms with van der Waals surface area (Å²) in [6, 6.07) is -0.402. The van der Waals surface area contributed by atoms with Crippen LogP contribution in [-0.4, -0.2) is 26.0 Å². The molecular weight excluding hydrogens is 272 g/mol. The number of aryl methyl sites for hydroxylation is 1. The monoisotopic (exact) mass is 292 g/mol. The lowest BCUT2D eigenvalue weighted by Crippen LogP contribution is -2.32. The van der Waals surface area contributed by atoms with Crippen molar-refractivity contribution < 1.29 is 9.32 Å². The average Bonchev–Trinajstić information content (AvgIpc) is 3.05. The van der Waals surface area contributed by atoms with Crippen LogP contribution in [0.4, 0.5) is 10.5 Å². The highest BCUT2D eigenvalue weighted by Crippen LogP contribution is 2.15. The fraction of sp³-hybridized carbons (Fsp3) is 0.538. The first-order chi connectivity index (χ1) is 9.99. The molecule has 0 spiro atoms. The molecule has 0 bridgehead atoms. The van der Waals surface area contributed by atoms with E-state index in [9.17, 15) is 4.79 Å². The molecule has 2 heterocycles. The van der Waals surface area contributed by atoms with Crippen molar-refractivity contribution in [3.05, 3.63) is 24.1 Å². The first kappa shape index (κ1) is 15.0. The first-order valence-electron chi connectivity index (χ1n) is 6.91. The van der Waals surface area contributed by atoms with E-state index in [1.165, 1.54) is 0 Å². The van der Waals surface area contributed by atoms with Crippen LogP contribution in [0, 0.1) is 6.92 Å². The van der Waals surface area contributed by atoms with Crippen molar-refractivity contribution in [2.75, 3.05) is 5.32 Å². The van der Waals surface area contributed by atoms with Gasteiger partial charge in [0.2, 0.25) is 5.89 Å². The normalized spacial score (nSPS) is 12.4. The van der Waals surface area contributed by atoms with Gasteiger partial charge in [0, 0.05) is 12.2 Å². The molecule has 8 nitrogen and oxygen atoms in total. The molecule has 0 saturated heterocycles. The van der Waals surface area contributed by atoms with Gasteiger partial charge >= 0.3 is 6.03 Å². The number of anilines is 1. The van der Waals surface area contributed by atoms with E-state index in [1.54, 1.807) is 24.0 Å². The average molecular weight is 292 g/mol. The number of hydrogen-bond acceptors (Lipinski definition) is 5. The number of carbonyl (C=O) groups is 1. The summed E-state index contributed by atoms with van der Waals surface area (Å²) in [7, 11) is 0. The Morgan fingerprint density at radius 1 is 1.48 bits per heavy atom. The van der Waals surface area contributed by atoms with Crippen LogP contribution >= 0.6 is 0 Å². The van der Waals surface area contributed by atoms with Crippen LogP contribution in [0.2, 0.25) is 0 Å². The molecule has 0 radical (unpaired) electrons. The smallest absolute Gasteiger partial charge is 0.319 e. The Morgan fingerprint density at radius 3 is 2.76 bits per heavy atom. The molecule has 0 aliphatic heterocycles. The number of aromatic nitrogens is 4. The highest BCUT2D eigenvalue weighted by atomic mass is 16.5. The van der Waals surface area contributed by atoms with Crippen molar-refractivity contribution >= 4 is 11.7 Å². The molecule has 0 aliphatic rings. The lowest BCUT2D eigenvalue weighted by molar-refractivity contribution is 0.243. The molecule has 2 amide bonds. The third-order valence-corrected chi connectivity index (χ3v) is 2.94. The van der Waals surface area contributed by atoms with Crippen molar-refractivity contribution in [3.63, 3.8) is 0 Å². The second-order valence-corrected chi connectivity index (χ2v) is 5.04. The van der Waals surface area contributed by atoms with Crippen LogP contribution in [0.15, 0.2) is 16.9 Å². The zero-order valence-corrected chi connectivity index (χ0v) is 12.6. The number of rotatable bonds is 5. The summed E-state index contributed by atoms with van der Waals surface area (Å²) in [6.07, 6.45) is 4.04. The number of urea groups is 1. The first-order valence-corrected chi connectivity index (χ1v) is 6.91. The second-order valence-electron chi connectivity index (χ2n) is 5.04. The number of nitrogens with zero attached hydrogens (tertiary/aromatic N) is 4. The Labute approximate surface area is 122 Å². The minimum absolute atomic E-state index is 0.244. The molecule has 1 atom stereocenters. The van der Waals surface area contributed by atoms with Crippen molar-refractivity contribution in [1.29, 1.82) is 0 Å². The van der Waals surface area contributed by atoms with E-state index < -0.39 is 0 Å². The van der Waals surface area contributed by atoms with Gasteiger partial charge in [0.05, 0.1) is 11.9 Å². The van der Waals surface area contributed by atoms with Gasteiger partial charge < -0.3 is 15.2 Å². The van der Waals surface area contributed by atoms with E-state index in [4.69, 9.17) is 4.52 Å². The van der Waals surface area contributed by atoms with E-state index in [2.05, 4.69) is 25.9 Å². The molecule has 2 aromatic heterocycles. The summed E-state index contributed by atoms with van der Waals surface area (Å²) < 4.78 is 6.86. The topological polar surface area (TPSA) is 97.9 Å². The zero-order chi connectivity index (χ0) is 15.4. The van der Waals surface area contributed by atoms with Crippen molar-refractivity contribution in [2.24, 2.45) is 0 Å². The maximum Gasteiger partial charge on any atom is 0.319 e. The van der Waals surface area contributed by atoms with Crippen LogP contribution in [0.1, 0.15) is 51.0 Å². The molecule has 2 N–H and O–H groups in total. The third-order valence-electron chi connectivity index (χ3n) is 2.94. The van der Waals surface area contributed by atoms with Gasteiger partial charge in [-0.25, -0.2) is 4.79 Å². The minimum Gasteiger partial charge on any atom is -0.337 e. The lowest BCUT2D eigenvalue weighted by atomic mass is 10.2. The Balaban J connectivity index is 1.96. The zero-order valence-electron chi connectivity index (χ0n) is 12.6. The Bertz CT molecular complexity index is 603. The number of amides is 2. The summed E-state index contributed by atoms with van der Waals surface area (Å²) in [6.45, 7) is 7.70. The SMILES string of the molecule is CC[C@@H](NC(=O)Nc1cnn(C(C)C)c1)c1nc(C)no1. The van der Waals surface area contributed by atoms with Crippen LogP contribution in [0.5, 0.6) is 0 Å². The maximum atomic E-state index is 12.0. The molecule has 0 unspecified atom stereocenters. The summed E-state index contributed by atoms with van der Waals surface area (Å²) in [5, 5.41) is 13.4. The lowest BCUT2D eigenvalue weighted by Gasteiger charge is -2.12. The highest BCUT2D eigenvalue weighted by molar-refractivity contribution is 5.89. The van der Waals surface area contributed by atoms with Crippen molar-refractivity contribution in [3.8, 4) is 0 Å². The highest BCUT2D eigenvalue weighted by Gasteiger charge is 2.19. The molecule has 21 heavy (non-hydrogen) atoms. The van der Waals surface area contributed by atoms with Crippen LogP contribution in [-0.2, 0) is 0 Å². The predicted octanol–water partition coefficient (Wildman–Crippen LogP) is 2.43. The third kappa shape index (κ3) is 3.80. The van der Waals surface area contributed by atoms with Crippen molar-refractivity contribution in [1.82, 2.24) is 25.2 Å². The number of carbonyl (C=O) groups excluding carboxylic acids is 1. The molecule has 0 saturated carbocycles. The van der Waals surface area contributed by atoms with Crippen LogP contribution < -0.4 is 10.6 Å². The van der Waals surface area contributed by atoms with Gasteiger partial charge in [0.15, 0.2) is 5.82 Å². The molecule has 0 aliphatic carbocycles. The minimum atomic E-state index is -0.332.